The number of pyridine rings is 1. The minimum absolute atomic E-state index is 0.0357. The first-order valence-electron chi connectivity index (χ1n) is 7.80. The van der Waals surface area contributed by atoms with Crippen molar-refractivity contribution in [3.8, 4) is 0 Å². The van der Waals surface area contributed by atoms with Gasteiger partial charge in [-0.2, -0.15) is 11.8 Å². The molecule has 1 aromatic carbocycles. The Bertz CT molecular complexity index is 662. The summed E-state index contributed by atoms with van der Waals surface area (Å²) < 4.78 is 0. The molecule has 0 radical (unpaired) electrons. The molecule has 0 bridgehead atoms. The maximum absolute atomic E-state index is 11.8. The van der Waals surface area contributed by atoms with Crippen LogP contribution in [0, 0.1) is 0 Å². The maximum atomic E-state index is 11.8. The third kappa shape index (κ3) is 6.06. The Kier molecular flexibility index (Phi) is 7.40. The Morgan fingerprint density at radius 1 is 1.29 bits per heavy atom. The largest absolute Gasteiger partial charge is 0.370 e. The third-order valence-corrected chi connectivity index (χ3v) is 4.70. The van der Waals surface area contributed by atoms with Crippen molar-refractivity contribution in [1.29, 1.82) is 0 Å². The number of thioether (sulfide) groups is 1. The second kappa shape index (κ2) is 9.55. The Morgan fingerprint density at radius 3 is 2.79 bits per heavy atom. The van der Waals surface area contributed by atoms with Crippen molar-refractivity contribution < 1.29 is 4.79 Å². The summed E-state index contributed by atoms with van der Waals surface area (Å²) in [5.41, 5.74) is 1.85. The van der Waals surface area contributed by atoms with Gasteiger partial charge in [-0.05, 0) is 42.0 Å². The number of nitrogens with zero attached hydrogens (tertiary/aromatic N) is 2. The SMILES string of the molecule is CN(C)C(=O)c1ccc(NCCCSCc2cccc(Cl)c2)nc1. The maximum Gasteiger partial charge on any atom is 0.254 e. The van der Waals surface area contributed by atoms with E-state index in [1.165, 1.54) is 5.56 Å². The Labute approximate surface area is 152 Å². The number of benzene rings is 1. The number of aromatic nitrogens is 1. The number of halogens is 1. The molecular formula is C18H22ClN3OS. The van der Waals surface area contributed by atoms with Crippen LogP contribution in [0.1, 0.15) is 22.3 Å². The molecule has 0 aliphatic heterocycles. The molecule has 0 fully saturated rings. The predicted octanol–water partition coefficient (Wildman–Crippen LogP) is 4.17. The lowest BCUT2D eigenvalue weighted by atomic mass is 10.2. The molecule has 1 aromatic heterocycles. The van der Waals surface area contributed by atoms with E-state index in [0.29, 0.717) is 5.56 Å². The van der Waals surface area contributed by atoms with Crippen LogP contribution in [0.25, 0.3) is 0 Å². The molecule has 0 aliphatic rings. The fourth-order valence-electron chi connectivity index (χ4n) is 2.09. The summed E-state index contributed by atoms with van der Waals surface area (Å²) in [6.07, 6.45) is 2.66. The molecule has 24 heavy (non-hydrogen) atoms. The first kappa shape index (κ1) is 18.6. The second-order valence-corrected chi connectivity index (χ2v) is 7.14. The van der Waals surface area contributed by atoms with Crippen molar-refractivity contribution >= 4 is 35.1 Å². The van der Waals surface area contributed by atoms with E-state index in [2.05, 4.69) is 16.4 Å². The van der Waals surface area contributed by atoms with Crippen LogP contribution < -0.4 is 5.32 Å². The monoisotopic (exact) mass is 363 g/mol. The predicted molar refractivity (Wildman–Crippen MR) is 103 cm³/mol. The number of amides is 1. The lowest BCUT2D eigenvalue weighted by Gasteiger charge is -2.10. The highest BCUT2D eigenvalue weighted by atomic mass is 35.5. The van der Waals surface area contributed by atoms with Gasteiger partial charge in [-0.1, -0.05) is 23.7 Å². The zero-order valence-electron chi connectivity index (χ0n) is 14.0. The zero-order valence-corrected chi connectivity index (χ0v) is 15.5. The number of hydrogen-bond acceptors (Lipinski definition) is 4. The fourth-order valence-corrected chi connectivity index (χ4v) is 3.21. The highest BCUT2D eigenvalue weighted by molar-refractivity contribution is 7.98. The third-order valence-electron chi connectivity index (χ3n) is 3.35. The summed E-state index contributed by atoms with van der Waals surface area (Å²) in [5.74, 6) is 2.80. The topological polar surface area (TPSA) is 45.2 Å². The fraction of sp³-hybridized carbons (Fsp3) is 0.333. The number of carbonyl (C=O) groups is 1. The molecule has 2 aromatic rings. The van der Waals surface area contributed by atoms with Crippen LogP contribution in [0.15, 0.2) is 42.6 Å². The van der Waals surface area contributed by atoms with Crippen LogP contribution in [-0.2, 0) is 5.75 Å². The van der Waals surface area contributed by atoms with Gasteiger partial charge < -0.3 is 10.2 Å². The molecule has 1 amide bonds. The van der Waals surface area contributed by atoms with Gasteiger partial charge in [0.1, 0.15) is 5.82 Å². The molecule has 0 aliphatic carbocycles. The lowest BCUT2D eigenvalue weighted by Crippen LogP contribution is -2.21. The van der Waals surface area contributed by atoms with Gasteiger partial charge in [-0.25, -0.2) is 4.98 Å². The zero-order chi connectivity index (χ0) is 17.4. The molecular weight excluding hydrogens is 342 g/mol. The highest BCUT2D eigenvalue weighted by Crippen LogP contribution is 2.17. The van der Waals surface area contributed by atoms with E-state index in [-0.39, 0.29) is 5.91 Å². The highest BCUT2D eigenvalue weighted by Gasteiger charge is 2.07. The first-order chi connectivity index (χ1) is 11.6. The van der Waals surface area contributed by atoms with Crippen LogP contribution in [0.5, 0.6) is 0 Å². The minimum Gasteiger partial charge on any atom is -0.370 e. The first-order valence-corrected chi connectivity index (χ1v) is 9.33. The Morgan fingerprint density at radius 2 is 2.12 bits per heavy atom. The van der Waals surface area contributed by atoms with Crippen molar-refractivity contribution in [1.82, 2.24) is 9.88 Å². The molecule has 0 unspecified atom stereocenters. The van der Waals surface area contributed by atoms with Gasteiger partial charge in [0.05, 0.1) is 5.56 Å². The second-order valence-electron chi connectivity index (χ2n) is 5.59. The van der Waals surface area contributed by atoms with Gasteiger partial charge in [-0.15, -0.1) is 0 Å². The van der Waals surface area contributed by atoms with Crippen molar-refractivity contribution in [2.75, 3.05) is 31.7 Å². The van der Waals surface area contributed by atoms with Crippen molar-refractivity contribution in [3.05, 3.63) is 58.7 Å². The molecule has 1 N–H and O–H groups in total. The lowest BCUT2D eigenvalue weighted by molar-refractivity contribution is 0.0827. The van der Waals surface area contributed by atoms with E-state index in [9.17, 15) is 4.79 Å². The smallest absolute Gasteiger partial charge is 0.254 e. The van der Waals surface area contributed by atoms with Crippen LogP contribution in [0.4, 0.5) is 5.82 Å². The number of hydrogen-bond donors (Lipinski definition) is 1. The average Bonchev–Trinajstić information content (AvgIpc) is 2.58. The van der Waals surface area contributed by atoms with Crippen molar-refractivity contribution in [3.63, 3.8) is 0 Å². The van der Waals surface area contributed by atoms with Gasteiger partial charge >= 0.3 is 0 Å². The summed E-state index contributed by atoms with van der Waals surface area (Å²) in [6.45, 7) is 0.858. The van der Waals surface area contributed by atoms with E-state index in [0.717, 1.165) is 35.3 Å². The van der Waals surface area contributed by atoms with Crippen LogP contribution in [-0.4, -0.2) is 42.2 Å². The molecule has 2 rings (SSSR count). The van der Waals surface area contributed by atoms with Crippen LogP contribution in [0.2, 0.25) is 5.02 Å². The number of carbonyl (C=O) groups excluding carboxylic acids is 1. The molecule has 0 saturated carbocycles. The molecule has 1 heterocycles. The van der Waals surface area contributed by atoms with Crippen LogP contribution in [0.3, 0.4) is 0 Å². The van der Waals surface area contributed by atoms with E-state index >= 15 is 0 Å². The quantitative estimate of drug-likeness (QED) is 0.715. The van der Waals surface area contributed by atoms with E-state index in [4.69, 9.17) is 11.6 Å². The standard InChI is InChI=1S/C18H22ClN3OS/c1-22(2)18(23)15-7-8-17(21-12-15)20-9-4-10-24-13-14-5-3-6-16(19)11-14/h3,5-8,11-12H,4,9-10,13H2,1-2H3,(H,20,21). The number of rotatable bonds is 8. The normalized spacial score (nSPS) is 10.5. The summed E-state index contributed by atoms with van der Waals surface area (Å²) in [5, 5.41) is 4.07. The number of nitrogens with one attached hydrogen (secondary N) is 1. The van der Waals surface area contributed by atoms with E-state index in [1.807, 2.05) is 36.0 Å². The molecule has 4 nitrogen and oxygen atoms in total. The molecule has 6 heteroatoms. The minimum atomic E-state index is -0.0357. The van der Waals surface area contributed by atoms with Gasteiger partial charge in [0, 0.05) is 37.6 Å². The number of anilines is 1. The molecule has 0 atom stereocenters. The van der Waals surface area contributed by atoms with E-state index in [1.54, 1.807) is 31.3 Å². The van der Waals surface area contributed by atoms with Crippen molar-refractivity contribution in [2.24, 2.45) is 0 Å². The molecule has 0 saturated heterocycles. The summed E-state index contributed by atoms with van der Waals surface area (Å²) in [4.78, 5) is 17.6. The van der Waals surface area contributed by atoms with Crippen LogP contribution >= 0.6 is 23.4 Å². The summed E-state index contributed by atoms with van der Waals surface area (Å²) in [6, 6.07) is 11.6. The summed E-state index contributed by atoms with van der Waals surface area (Å²) in [7, 11) is 3.46. The van der Waals surface area contributed by atoms with Gasteiger partial charge in [0.25, 0.3) is 5.91 Å². The summed E-state index contributed by atoms with van der Waals surface area (Å²) >= 11 is 7.86. The van der Waals surface area contributed by atoms with Gasteiger partial charge in [0.2, 0.25) is 0 Å². The average molecular weight is 364 g/mol. The Balaban J connectivity index is 1.64. The van der Waals surface area contributed by atoms with Crippen molar-refractivity contribution in [2.45, 2.75) is 12.2 Å². The molecule has 0 spiro atoms. The van der Waals surface area contributed by atoms with E-state index < -0.39 is 0 Å². The van der Waals surface area contributed by atoms with Gasteiger partial charge in [-0.3, -0.25) is 4.79 Å². The van der Waals surface area contributed by atoms with Gasteiger partial charge in [0.15, 0.2) is 0 Å². The molecule has 128 valence electrons. The Hall–Kier alpha value is -1.72.